The van der Waals surface area contributed by atoms with Gasteiger partial charge in [-0.25, -0.2) is 14.8 Å². The van der Waals surface area contributed by atoms with Crippen LogP contribution < -0.4 is 0 Å². The van der Waals surface area contributed by atoms with E-state index in [-0.39, 0.29) is 5.56 Å². The molecule has 104 valence electrons. The summed E-state index contributed by atoms with van der Waals surface area (Å²) in [5.74, 6) is 0.366. The van der Waals surface area contributed by atoms with Gasteiger partial charge in [-0.05, 0) is 31.9 Å². The first-order valence-corrected chi connectivity index (χ1v) is 7.16. The van der Waals surface area contributed by atoms with Crippen molar-refractivity contribution in [2.75, 3.05) is 5.75 Å². The Labute approximate surface area is 121 Å². The van der Waals surface area contributed by atoms with Crippen molar-refractivity contribution in [3.63, 3.8) is 0 Å². The van der Waals surface area contributed by atoms with Gasteiger partial charge in [0.1, 0.15) is 16.4 Å². The van der Waals surface area contributed by atoms with Crippen molar-refractivity contribution >= 4 is 17.7 Å². The number of carboxylic acids is 1. The van der Waals surface area contributed by atoms with Gasteiger partial charge in [0.25, 0.3) is 0 Å². The molecule has 5 nitrogen and oxygen atoms in total. The molecule has 2 heterocycles. The molecule has 0 radical (unpaired) electrons. The van der Waals surface area contributed by atoms with Gasteiger partial charge in [0.05, 0.1) is 5.69 Å². The van der Waals surface area contributed by atoms with Crippen LogP contribution in [-0.2, 0) is 6.42 Å². The maximum absolute atomic E-state index is 11.3. The summed E-state index contributed by atoms with van der Waals surface area (Å²) in [6.45, 7) is 3.47. The second kappa shape index (κ2) is 6.47. The van der Waals surface area contributed by atoms with Crippen LogP contribution in [0.1, 0.15) is 27.4 Å². The lowest BCUT2D eigenvalue weighted by Crippen LogP contribution is -2.08. The highest BCUT2D eigenvalue weighted by molar-refractivity contribution is 7.99. The van der Waals surface area contributed by atoms with E-state index in [2.05, 4.69) is 15.0 Å². The minimum atomic E-state index is -0.980. The quantitative estimate of drug-likeness (QED) is 0.673. The van der Waals surface area contributed by atoms with E-state index in [1.54, 1.807) is 20.0 Å². The van der Waals surface area contributed by atoms with Crippen molar-refractivity contribution in [2.45, 2.75) is 25.3 Å². The predicted octanol–water partition coefficient (Wildman–Crippen LogP) is 2.52. The summed E-state index contributed by atoms with van der Waals surface area (Å²) in [5, 5.41) is 9.78. The fraction of sp³-hybridized carbons (Fsp3) is 0.286. The van der Waals surface area contributed by atoms with E-state index >= 15 is 0 Å². The summed E-state index contributed by atoms with van der Waals surface area (Å²) < 4.78 is 0. The topological polar surface area (TPSA) is 76.0 Å². The molecular weight excluding hydrogens is 274 g/mol. The minimum Gasteiger partial charge on any atom is -0.478 e. The van der Waals surface area contributed by atoms with Crippen LogP contribution in [-0.4, -0.2) is 31.8 Å². The summed E-state index contributed by atoms with van der Waals surface area (Å²) in [5.41, 5.74) is 1.83. The highest BCUT2D eigenvalue weighted by atomic mass is 32.2. The Morgan fingerprint density at radius 2 is 2.15 bits per heavy atom. The van der Waals surface area contributed by atoms with Crippen LogP contribution in [0.25, 0.3) is 0 Å². The summed E-state index contributed by atoms with van der Waals surface area (Å²) in [7, 11) is 0. The molecule has 0 aliphatic carbocycles. The third-order valence-corrected chi connectivity index (χ3v) is 3.71. The molecule has 0 atom stereocenters. The smallest absolute Gasteiger partial charge is 0.340 e. The first-order chi connectivity index (χ1) is 9.58. The van der Waals surface area contributed by atoms with E-state index in [9.17, 15) is 9.90 Å². The van der Waals surface area contributed by atoms with Gasteiger partial charge in [-0.15, -0.1) is 11.8 Å². The Morgan fingerprint density at radius 3 is 2.80 bits per heavy atom. The average Bonchev–Trinajstić information content (AvgIpc) is 2.38. The summed E-state index contributed by atoms with van der Waals surface area (Å²) in [4.78, 5) is 23.7. The highest BCUT2D eigenvalue weighted by Gasteiger charge is 2.17. The fourth-order valence-corrected chi connectivity index (χ4v) is 2.95. The van der Waals surface area contributed by atoms with Crippen molar-refractivity contribution in [3.05, 3.63) is 47.2 Å². The molecule has 0 fully saturated rings. The highest BCUT2D eigenvalue weighted by Crippen LogP contribution is 2.23. The zero-order valence-corrected chi connectivity index (χ0v) is 12.1. The molecule has 2 rings (SSSR count). The number of hydrogen-bond acceptors (Lipinski definition) is 5. The number of nitrogens with zero attached hydrogens (tertiary/aromatic N) is 3. The molecule has 1 N–H and O–H groups in total. The molecule has 2 aromatic rings. The molecule has 2 aromatic heterocycles. The van der Waals surface area contributed by atoms with Gasteiger partial charge >= 0.3 is 5.97 Å². The SMILES string of the molecule is Cc1nc(C)c(C(=O)O)c(SCCc2cccnc2)n1. The second-order valence-corrected chi connectivity index (χ2v) is 5.38. The number of thioether (sulfide) groups is 1. The van der Waals surface area contributed by atoms with Crippen LogP contribution >= 0.6 is 11.8 Å². The summed E-state index contributed by atoms with van der Waals surface area (Å²) in [6.07, 6.45) is 4.37. The largest absolute Gasteiger partial charge is 0.478 e. The number of aromatic carboxylic acids is 1. The maximum Gasteiger partial charge on any atom is 0.340 e. The van der Waals surface area contributed by atoms with Crippen LogP contribution in [0.3, 0.4) is 0 Å². The average molecular weight is 289 g/mol. The molecule has 20 heavy (non-hydrogen) atoms. The predicted molar refractivity (Wildman–Crippen MR) is 77.1 cm³/mol. The van der Waals surface area contributed by atoms with Crippen molar-refractivity contribution < 1.29 is 9.90 Å². The molecule has 6 heteroatoms. The van der Waals surface area contributed by atoms with E-state index in [4.69, 9.17) is 0 Å². The van der Waals surface area contributed by atoms with Crippen molar-refractivity contribution in [3.8, 4) is 0 Å². The number of pyridine rings is 1. The molecule has 0 saturated carbocycles. The third kappa shape index (κ3) is 3.54. The van der Waals surface area contributed by atoms with Crippen LogP contribution in [0.5, 0.6) is 0 Å². The zero-order valence-electron chi connectivity index (χ0n) is 11.3. The Morgan fingerprint density at radius 1 is 1.35 bits per heavy atom. The molecule has 0 spiro atoms. The zero-order chi connectivity index (χ0) is 14.5. The summed E-state index contributed by atoms with van der Waals surface area (Å²) in [6, 6.07) is 3.89. The van der Waals surface area contributed by atoms with E-state index in [1.165, 1.54) is 11.8 Å². The molecule has 0 bridgehead atoms. The molecule has 0 aromatic carbocycles. The summed E-state index contributed by atoms with van der Waals surface area (Å²) >= 11 is 1.44. The lowest BCUT2D eigenvalue weighted by molar-refractivity contribution is 0.0690. The van der Waals surface area contributed by atoms with Crippen molar-refractivity contribution in [1.29, 1.82) is 0 Å². The minimum absolute atomic E-state index is 0.201. The molecule has 0 aliphatic rings. The molecule has 0 saturated heterocycles. The Bertz CT molecular complexity index is 617. The van der Waals surface area contributed by atoms with Gasteiger partial charge in [-0.1, -0.05) is 6.07 Å². The number of aromatic nitrogens is 3. The first kappa shape index (κ1) is 14.5. The van der Waals surface area contributed by atoms with E-state index in [0.717, 1.165) is 17.7 Å². The molecule has 0 aliphatic heterocycles. The number of rotatable bonds is 5. The standard InChI is InChI=1S/C14H15N3O2S/c1-9-12(14(18)19)13(17-10(2)16-9)20-7-5-11-4-3-6-15-8-11/h3-4,6,8H,5,7H2,1-2H3,(H,18,19). The normalized spacial score (nSPS) is 10.5. The van der Waals surface area contributed by atoms with Gasteiger partial charge in [-0.3, -0.25) is 4.98 Å². The lowest BCUT2D eigenvalue weighted by Gasteiger charge is -2.08. The number of aryl methyl sites for hydroxylation is 3. The molecule has 0 unspecified atom stereocenters. The van der Waals surface area contributed by atoms with Gasteiger partial charge in [0.15, 0.2) is 0 Å². The van der Waals surface area contributed by atoms with Crippen LogP contribution in [0.2, 0.25) is 0 Å². The fourth-order valence-electron chi connectivity index (χ4n) is 1.84. The second-order valence-electron chi connectivity index (χ2n) is 4.30. The molecule has 0 amide bonds. The van der Waals surface area contributed by atoms with E-state index in [0.29, 0.717) is 16.5 Å². The van der Waals surface area contributed by atoms with Gasteiger partial charge in [0.2, 0.25) is 0 Å². The maximum atomic E-state index is 11.3. The van der Waals surface area contributed by atoms with Crippen LogP contribution in [0.4, 0.5) is 0 Å². The van der Waals surface area contributed by atoms with Crippen LogP contribution in [0, 0.1) is 13.8 Å². The van der Waals surface area contributed by atoms with Crippen molar-refractivity contribution in [2.24, 2.45) is 0 Å². The first-order valence-electron chi connectivity index (χ1n) is 6.18. The number of carboxylic acid groups (broad SMARTS) is 1. The Kier molecular flexibility index (Phi) is 4.68. The van der Waals surface area contributed by atoms with Gasteiger partial charge in [-0.2, -0.15) is 0 Å². The number of carbonyl (C=O) groups is 1. The lowest BCUT2D eigenvalue weighted by atomic mass is 10.2. The van der Waals surface area contributed by atoms with E-state index in [1.807, 2.05) is 18.3 Å². The van der Waals surface area contributed by atoms with Gasteiger partial charge in [0, 0.05) is 18.1 Å². The van der Waals surface area contributed by atoms with Gasteiger partial charge < -0.3 is 5.11 Å². The molecular formula is C14H15N3O2S. The monoisotopic (exact) mass is 289 g/mol. The number of hydrogen-bond donors (Lipinski definition) is 1. The van der Waals surface area contributed by atoms with Crippen molar-refractivity contribution in [1.82, 2.24) is 15.0 Å². The van der Waals surface area contributed by atoms with E-state index < -0.39 is 5.97 Å². The third-order valence-electron chi connectivity index (χ3n) is 2.73. The Balaban J connectivity index is 2.11. The Hall–Kier alpha value is -1.95. The van der Waals surface area contributed by atoms with Crippen LogP contribution in [0.15, 0.2) is 29.6 Å².